The first-order valence-electron chi connectivity index (χ1n) is 6.86. The number of hydrogen-bond donors (Lipinski definition) is 1. The Morgan fingerprint density at radius 1 is 1.05 bits per heavy atom. The summed E-state index contributed by atoms with van der Waals surface area (Å²) in [6.07, 6.45) is 1.66. The fraction of sp³-hybridized carbons (Fsp3) is 0.111. The van der Waals surface area contributed by atoms with Crippen molar-refractivity contribution in [1.82, 2.24) is 0 Å². The van der Waals surface area contributed by atoms with Crippen molar-refractivity contribution in [2.75, 3.05) is 11.9 Å². The van der Waals surface area contributed by atoms with Gasteiger partial charge in [-0.15, -0.1) is 0 Å². The molecule has 1 amide bonds. The third kappa shape index (κ3) is 4.06. The van der Waals surface area contributed by atoms with Crippen LogP contribution in [0.4, 0.5) is 5.69 Å². The minimum absolute atomic E-state index is 0.00649. The van der Waals surface area contributed by atoms with E-state index in [9.17, 15) is 9.59 Å². The molecule has 0 aromatic heterocycles. The number of ketones is 1. The molecule has 0 radical (unpaired) electrons. The van der Waals surface area contributed by atoms with Crippen molar-refractivity contribution in [3.8, 4) is 5.75 Å². The highest BCUT2D eigenvalue weighted by Crippen LogP contribution is 2.15. The van der Waals surface area contributed by atoms with Crippen LogP contribution in [-0.4, -0.2) is 18.3 Å². The van der Waals surface area contributed by atoms with Gasteiger partial charge in [-0.25, -0.2) is 0 Å². The molecule has 4 nitrogen and oxygen atoms in total. The highest BCUT2D eigenvalue weighted by Gasteiger charge is 2.07. The molecule has 0 aliphatic heterocycles. The summed E-state index contributed by atoms with van der Waals surface area (Å²) in [4.78, 5) is 23.3. The van der Waals surface area contributed by atoms with E-state index in [2.05, 4.69) is 11.9 Å². The maximum absolute atomic E-state index is 12.1. The zero-order valence-electron chi connectivity index (χ0n) is 12.3. The molecule has 0 spiro atoms. The first kappa shape index (κ1) is 15.5. The summed E-state index contributed by atoms with van der Waals surface area (Å²) in [5.41, 5.74) is 1.78. The van der Waals surface area contributed by atoms with E-state index >= 15 is 0 Å². The second-order valence-electron chi connectivity index (χ2n) is 4.71. The zero-order chi connectivity index (χ0) is 15.9. The maximum Gasteiger partial charge on any atom is 0.255 e. The molecule has 22 heavy (non-hydrogen) atoms. The van der Waals surface area contributed by atoms with Gasteiger partial charge in [0.1, 0.15) is 12.4 Å². The Labute approximate surface area is 129 Å². The van der Waals surface area contributed by atoms with Gasteiger partial charge in [-0.1, -0.05) is 12.7 Å². The van der Waals surface area contributed by atoms with Crippen LogP contribution < -0.4 is 10.1 Å². The number of nitrogens with one attached hydrogen (secondary N) is 1. The molecule has 0 heterocycles. The van der Waals surface area contributed by atoms with Gasteiger partial charge in [0.05, 0.1) is 0 Å². The lowest BCUT2D eigenvalue weighted by molar-refractivity contribution is 0.101. The largest absolute Gasteiger partial charge is 0.490 e. The fourth-order valence-corrected chi connectivity index (χ4v) is 1.85. The van der Waals surface area contributed by atoms with Gasteiger partial charge < -0.3 is 10.1 Å². The van der Waals surface area contributed by atoms with Crippen molar-refractivity contribution in [2.24, 2.45) is 0 Å². The van der Waals surface area contributed by atoms with Crippen molar-refractivity contribution in [2.45, 2.75) is 6.92 Å². The van der Waals surface area contributed by atoms with Gasteiger partial charge in [-0.2, -0.15) is 0 Å². The summed E-state index contributed by atoms with van der Waals surface area (Å²) in [6.45, 7) is 5.50. The topological polar surface area (TPSA) is 55.4 Å². The molecular formula is C18H17NO3. The lowest BCUT2D eigenvalue weighted by atomic mass is 10.1. The monoisotopic (exact) mass is 295 g/mol. The molecule has 0 aliphatic carbocycles. The number of rotatable bonds is 6. The number of amides is 1. The Balaban J connectivity index is 2.02. The number of benzene rings is 2. The van der Waals surface area contributed by atoms with E-state index < -0.39 is 0 Å². The Bertz CT molecular complexity index is 672. The van der Waals surface area contributed by atoms with Gasteiger partial charge in [0, 0.05) is 16.8 Å². The number of carbonyl (C=O) groups excluding carboxylic acids is 2. The molecule has 0 atom stereocenters. The molecule has 0 unspecified atom stereocenters. The van der Waals surface area contributed by atoms with Gasteiger partial charge in [-0.3, -0.25) is 9.59 Å². The van der Waals surface area contributed by atoms with Gasteiger partial charge in [-0.05, 0) is 55.5 Å². The Morgan fingerprint density at radius 3 is 2.18 bits per heavy atom. The highest BCUT2D eigenvalue weighted by atomic mass is 16.5. The van der Waals surface area contributed by atoms with Crippen molar-refractivity contribution in [3.63, 3.8) is 0 Å². The average molecular weight is 295 g/mol. The van der Waals surface area contributed by atoms with Gasteiger partial charge in [0.15, 0.2) is 5.78 Å². The Hall–Kier alpha value is -2.88. The van der Waals surface area contributed by atoms with Crippen LogP contribution in [0.2, 0.25) is 0 Å². The molecule has 2 rings (SSSR count). The molecule has 2 aromatic carbocycles. The minimum atomic E-state index is -0.217. The lowest BCUT2D eigenvalue weighted by Crippen LogP contribution is -2.11. The number of hydrogen-bond acceptors (Lipinski definition) is 3. The molecule has 0 bridgehead atoms. The Kier molecular flexibility index (Phi) is 5.09. The van der Waals surface area contributed by atoms with Gasteiger partial charge in [0.25, 0.3) is 5.91 Å². The van der Waals surface area contributed by atoms with E-state index in [4.69, 9.17) is 4.74 Å². The maximum atomic E-state index is 12.1. The number of ether oxygens (including phenoxy) is 1. The average Bonchev–Trinajstić information content (AvgIpc) is 2.54. The second kappa shape index (κ2) is 7.22. The van der Waals surface area contributed by atoms with E-state index in [0.717, 1.165) is 0 Å². The van der Waals surface area contributed by atoms with Crippen LogP contribution >= 0.6 is 0 Å². The van der Waals surface area contributed by atoms with E-state index in [0.29, 0.717) is 29.2 Å². The van der Waals surface area contributed by atoms with E-state index in [1.54, 1.807) is 54.6 Å². The number of carbonyl (C=O) groups is 2. The van der Waals surface area contributed by atoms with Gasteiger partial charge in [0.2, 0.25) is 0 Å². The lowest BCUT2D eigenvalue weighted by Gasteiger charge is -2.07. The van der Waals surface area contributed by atoms with Crippen LogP contribution in [0.1, 0.15) is 27.6 Å². The first-order valence-corrected chi connectivity index (χ1v) is 6.86. The summed E-state index contributed by atoms with van der Waals surface area (Å²) in [6, 6.07) is 13.6. The predicted molar refractivity (Wildman–Crippen MR) is 86.5 cm³/mol. The van der Waals surface area contributed by atoms with E-state index in [1.807, 2.05) is 0 Å². The molecule has 0 saturated heterocycles. The molecule has 0 saturated carbocycles. The van der Waals surface area contributed by atoms with Crippen molar-refractivity contribution >= 4 is 17.4 Å². The second-order valence-corrected chi connectivity index (χ2v) is 4.71. The first-order chi connectivity index (χ1) is 10.6. The van der Waals surface area contributed by atoms with Crippen LogP contribution in [0.15, 0.2) is 61.2 Å². The smallest absolute Gasteiger partial charge is 0.255 e. The third-order valence-electron chi connectivity index (χ3n) is 3.03. The molecule has 112 valence electrons. The molecule has 0 aliphatic rings. The molecular weight excluding hydrogens is 278 g/mol. The third-order valence-corrected chi connectivity index (χ3v) is 3.03. The van der Waals surface area contributed by atoms with Crippen LogP contribution in [0.5, 0.6) is 5.75 Å². The van der Waals surface area contributed by atoms with Crippen LogP contribution in [0.25, 0.3) is 0 Å². The quantitative estimate of drug-likeness (QED) is 0.653. The number of anilines is 1. The molecule has 0 fully saturated rings. The minimum Gasteiger partial charge on any atom is -0.490 e. The standard InChI is InChI=1S/C18H17NO3/c1-3-12-22-17-10-6-15(7-11-17)18(21)19-16-8-4-14(5-9-16)13(2)20/h3-11H,1,12H2,2H3,(H,19,21). The van der Waals surface area contributed by atoms with Crippen molar-refractivity contribution in [3.05, 3.63) is 72.3 Å². The summed E-state index contributed by atoms with van der Waals surface area (Å²) < 4.78 is 5.36. The van der Waals surface area contributed by atoms with Crippen LogP contribution in [-0.2, 0) is 0 Å². The highest BCUT2D eigenvalue weighted by molar-refractivity contribution is 6.04. The molecule has 1 N–H and O–H groups in total. The van der Waals surface area contributed by atoms with E-state index in [-0.39, 0.29) is 11.7 Å². The molecule has 2 aromatic rings. The fourth-order valence-electron chi connectivity index (χ4n) is 1.85. The summed E-state index contributed by atoms with van der Waals surface area (Å²) >= 11 is 0. The van der Waals surface area contributed by atoms with E-state index in [1.165, 1.54) is 6.92 Å². The van der Waals surface area contributed by atoms with Crippen molar-refractivity contribution < 1.29 is 14.3 Å². The van der Waals surface area contributed by atoms with Crippen LogP contribution in [0.3, 0.4) is 0 Å². The molecule has 4 heteroatoms. The van der Waals surface area contributed by atoms with Gasteiger partial charge >= 0.3 is 0 Å². The predicted octanol–water partition coefficient (Wildman–Crippen LogP) is 3.71. The number of Topliss-reactive ketones (excluding diaryl/α,β-unsaturated/α-hetero) is 1. The zero-order valence-corrected chi connectivity index (χ0v) is 12.3. The Morgan fingerprint density at radius 2 is 1.64 bits per heavy atom. The normalized spacial score (nSPS) is 9.86. The summed E-state index contributed by atoms with van der Waals surface area (Å²) in [7, 11) is 0. The summed E-state index contributed by atoms with van der Waals surface area (Å²) in [5, 5.41) is 2.78. The SMILES string of the molecule is C=CCOc1ccc(C(=O)Nc2ccc(C(C)=O)cc2)cc1. The van der Waals surface area contributed by atoms with Crippen LogP contribution in [0, 0.1) is 0 Å². The summed E-state index contributed by atoms with van der Waals surface area (Å²) in [5.74, 6) is 0.459. The van der Waals surface area contributed by atoms with Crippen molar-refractivity contribution in [1.29, 1.82) is 0 Å².